The number of para-hydroxylation sites is 1. The van der Waals surface area contributed by atoms with E-state index in [9.17, 15) is 14.4 Å². The summed E-state index contributed by atoms with van der Waals surface area (Å²) in [5, 5.41) is 0. The van der Waals surface area contributed by atoms with Crippen molar-refractivity contribution in [1.29, 1.82) is 0 Å². The van der Waals surface area contributed by atoms with Crippen LogP contribution in [0.4, 0.5) is 10.5 Å². The van der Waals surface area contributed by atoms with Crippen molar-refractivity contribution in [3.63, 3.8) is 0 Å². The molecule has 2 amide bonds. The third kappa shape index (κ3) is 3.75. The van der Waals surface area contributed by atoms with E-state index in [1.165, 1.54) is 16.9 Å². The third-order valence-electron chi connectivity index (χ3n) is 6.24. The number of benzene rings is 2. The Balaban J connectivity index is 1.62. The van der Waals surface area contributed by atoms with Gasteiger partial charge in [-0.1, -0.05) is 60.7 Å². The lowest BCUT2D eigenvalue weighted by molar-refractivity contribution is -0.166. The van der Waals surface area contributed by atoms with E-state index in [-0.39, 0.29) is 18.9 Å². The van der Waals surface area contributed by atoms with Gasteiger partial charge in [0.15, 0.2) is 5.41 Å². The normalized spacial score (nSPS) is 23.5. The number of carbonyl (C=O) groups excluding carboxylic acids is 3. The van der Waals surface area contributed by atoms with E-state index in [0.29, 0.717) is 12.2 Å². The third-order valence-corrected chi connectivity index (χ3v) is 6.24. The van der Waals surface area contributed by atoms with Gasteiger partial charge in [0.1, 0.15) is 6.61 Å². The number of fused-ring (bicyclic) bond motifs is 2. The zero-order valence-corrected chi connectivity index (χ0v) is 18.1. The van der Waals surface area contributed by atoms with Crippen molar-refractivity contribution >= 4 is 23.7 Å². The zero-order chi connectivity index (χ0) is 22.7. The molecule has 0 N–H and O–H groups in total. The summed E-state index contributed by atoms with van der Waals surface area (Å²) >= 11 is 0. The van der Waals surface area contributed by atoms with Gasteiger partial charge in [0.25, 0.3) is 0 Å². The molecule has 1 fully saturated rings. The van der Waals surface area contributed by atoms with E-state index < -0.39 is 29.4 Å². The molecule has 2 aromatic rings. The van der Waals surface area contributed by atoms with E-state index in [0.717, 1.165) is 5.56 Å². The van der Waals surface area contributed by atoms with Crippen molar-refractivity contribution in [2.75, 3.05) is 25.6 Å². The van der Waals surface area contributed by atoms with Crippen LogP contribution in [0.25, 0.3) is 0 Å². The number of hydrogen-bond donors (Lipinski definition) is 0. The molecule has 0 saturated carbocycles. The van der Waals surface area contributed by atoms with Crippen LogP contribution in [0.2, 0.25) is 0 Å². The maximum Gasteiger partial charge on any atom is 0.410 e. The fourth-order valence-electron chi connectivity index (χ4n) is 4.64. The molecule has 0 unspecified atom stereocenters. The van der Waals surface area contributed by atoms with Crippen LogP contribution >= 0.6 is 0 Å². The van der Waals surface area contributed by atoms with Crippen LogP contribution < -0.4 is 4.90 Å². The van der Waals surface area contributed by atoms with Gasteiger partial charge in [0, 0.05) is 19.3 Å². The molecule has 3 atom stereocenters. The highest BCUT2D eigenvalue weighted by Gasteiger charge is 2.62. The highest BCUT2D eigenvalue weighted by atomic mass is 16.6. The molecule has 166 valence electrons. The number of ether oxygens (including phenoxy) is 2. The van der Waals surface area contributed by atoms with Crippen molar-refractivity contribution in [3.8, 4) is 0 Å². The van der Waals surface area contributed by atoms with Gasteiger partial charge in [-0.3, -0.25) is 14.5 Å². The first-order valence-corrected chi connectivity index (χ1v) is 10.5. The molecule has 2 heterocycles. The Morgan fingerprint density at radius 1 is 1.03 bits per heavy atom. The predicted octanol–water partition coefficient (Wildman–Crippen LogP) is 3.41. The second-order valence-electron chi connectivity index (χ2n) is 8.15. The molecule has 0 radical (unpaired) electrons. The molecule has 2 bridgehead atoms. The number of methoxy groups -OCH3 is 1. The summed E-state index contributed by atoms with van der Waals surface area (Å²) in [6, 6.07) is 17.7. The van der Waals surface area contributed by atoms with Crippen molar-refractivity contribution in [2.45, 2.75) is 19.1 Å². The van der Waals surface area contributed by atoms with Gasteiger partial charge in [-0.25, -0.2) is 4.79 Å². The van der Waals surface area contributed by atoms with Gasteiger partial charge in [-0.05, 0) is 30.0 Å². The molecular formula is C25H26N2O5. The van der Waals surface area contributed by atoms with Crippen molar-refractivity contribution < 1.29 is 23.9 Å². The molecule has 7 nitrogen and oxygen atoms in total. The largest absolute Gasteiger partial charge is 0.468 e. The predicted molar refractivity (Wildman–Crippen MR) is 119 cm³/mol. The maximum absolute atomic E-state index is 13.8. The number of amides is 2. The lowest BCUT2D eigenvalue weighted by Crippen LogP contribution is -2.66. The van der Waals surface area contributed by atoms with Crippen LogP contribution in [0.5, 0.6) is 0 Å². The summed E-state index contributed by atoms with van der Waals surface area (Å²) in [4.78, 5) is 42.8. The summed E-state index contributed by atoms with van der Waals surface area (Å²) in [5.41, 5.74) is -0.0231. The first-order chi connectivity index (χ1) is 15.5. The number of anilines is 1. The Bertz CT molecular complexity index is 1020. The molecule has 2 aromatic carbocycles. The number of rotatable bonds is 5. The molecular weight excluding hydrogens is 408 g/mol. The summed E-state index contributed by atoms with van der Waals surface area (Å²) in [6.45, 7) is 0.496. The van der Waals surface area contributed by atoms with Gasteiger partial charge >= 0.3 is 12.1 Å². The quantitative estimate of drug-likeness (QED) is 0.410. The average Bonchev–Trinajstić information content (AvgIpc) is 2.87. The number of nitrogens with zero attached hydrogens (tertiary/aromatic N) is 2. The minimum atomic E-state index is -1.54. The topological polar surface area (TPSA) is 76.2 Å². The number of piperidine rings is 1. The minimum Gasteiger partial charge on any atom is -0.468 e. The molecule has 0 spiro atoms. The summed E-state index contributed by atoms with van der Waals surface area (Å²) < 4.78 is 10.6. The lowest BCUT2D eigenvalue weighted by Gasteiger charge is -2.51. The van der Waals surface area contributed by atoms with E-state index in [1.54, 1.807) is 25.3 Å². The van der Waals surface area contributed by atoms with Crippen LogP contribution in [0.15, 0.2) is 72.8 Å². The number of carbonyl (C=O) groups is 3. The summed E-state index contributed by atoms with van der Waals surface area (Å²) in [7, 11) is 2.90. The lowest BCUT2D eigenvalue weighted by atomic mass is 9.64. The van der Waals surface area contributed by atoms with Crippen LogP contribution in [0.3, 0.4) is 0 Å². The van der Waals surface area contributed by atoms with Crippen molar-refractivity contribution in [1.82, 2.24) is 4.90 Å². The highest BCUT2D eigenvalue weighted by molar-refractivity contribution is 6.11. The van der Waals surface area contributed by atoms with Gasteiger partial charge < -0.3 is 14.4 Å². The smallest absolute Gasteiger partial charge is 0.410 e. The van der Waals surface area contributed by atoms with Gasteiger partial charge in [0.2, 0.25) is 5.91 Å². The number of esters is 1. The van der Waals surface area contributed by atoms with Crippen molar-refractivity contribution in [2.24, 2.45) is 11.3 Å². The Labute approximate surface area is 187 Å². The molecule has 32 heavy (non-hydrogen) atoms. The van der Waals surface area contributed by atoms with Crippen LogP contribution in [0.1, 0.15) is 12.0 Å². The summed E-state index contributed by atoms with van der Waals surface area (Å²) in [6.07, 6.45) is 3.44. The SMILES string of the molecule is COC(=O)[C@@]1(C(=O)N(C)c2ccccc2)C[C@@H]2C=C[C@H]1N(C(=O)OCc1ccccc1)C2. The number of hydrogen-bond acceptors (Lipinski definition) is 5. The maximum atomic E-state index is 13.8. The molecule has 1 saturated heterocycles. The first-order valence-electron chi connectivity index (χ1n) is 10.5. The fraction of sp³-hybridized carbons (Fsp3) is 0.320. The fourth-order valence-corrected chi connectivity index (χ4v) is 4.64. The Morgan fingerprint density at radius 3 is 2.31 bits per heavy atom. The van der Waals surface area contributed by atoms with Crippen LogP contribution in [-0.2, 0) is 25.7 Å². The summed E-state index contributed by atoms with van der Waals surface area (Å²) in [5.74, 6) is -1.21. The first kappa shape index (κ1) is 21.6. The standard InChI is InChI=1S/C25H26N2O5/c1-26(20-11-7-4-8-12-20)22(28)25(23(29)31-2)15-19-13-14-21(25)27(16-19)24(30)32-17-18-9-5-3-6-10-18/h3-14,19,21H,15-17H2,1-2H3/t19-,21+,25-/m0/s1. The molecule has 7 heteroatoms. The van der Waals surface area contributed by atoms with E-state index in [2.05, 4.69) is 0 Å². The second kappa shape index (κ2) is 8.86. The van der Waals surface area contributed by atoms with Crippen LogP contribution in [-0.4, -0.2) is 49.6 Å². The monoisotopic (exact) mass is 434 g/mol. The Hall–Kier alpha value is -3.61. The van der Waals surface area contributed by atoms with Crippen molar-refractivity contribution in [3.05, 3.63) is 78.4 Å². The van der Waals surface area contributed by atoms with E-state index in [1.807, 2.05) is 54.6 Å². The Morgan fingerprint density at radius 2 is 1.69 bits per heavy atom. The highest BCUT2D eigenvalue weighted by Crippen LogP contribution is 2.46. The van der Waals surface area contributed by atoms with Gasteiger partial charge in [0.05, 0.1) is 13.2 Å². The van der Waals surface area contributed by atoms with Gasteiger partial charge in [-0.2, -0.15) is 0 Å². The molecule has 1 aliphatic carbocycles. The molecule has 0 aromatic heterocycles. The molecule has 5 rings (SSSR count). The van der Waals surface area contributed by atoms with Gasteiger partial charge in [-0.15, -0.1) is 0 Å². The van der Waals surface area contributed by atoms with Crippen LogP contribution in [0, 0.1) is 11.3 Å². The molecule has 3 aliphatic rings. The Kier molecular flexibility index (Phi) is 5.99. The average molecular weight is 434 g/mol. The van der Waals surface area contributed by atoms with E-state index in [4.69, 9.17) is 9.47 Å². The minimum absolute atomic E-state index is 0.111. The molecule has 2 aliphatic heterocycles. The second-order valence-corrected chi connectivity index (χ2v) is 8.15. The van der Waals surface area contributed by atoms with E-state index >= 15 is 0 Å². The zero-order valence-electron chi connectivity index (χ0n) is 18.1.